The first-order chi connectivity index (χ1) is 8.21. The van der Waals surface area contributed by atoms with Crippen LogP contribution >= 0.6 is 0 Å². The fraction of sp³-hybridized carbons (Fsp3) is 0.571. The average molecular weight is 236 g/mol. The Bertz CT molecular complexity index is 424. The highest BCUT2D eigenvalue weighted by atomic mass is 19.1. The number of ether oxygens (including phenoxy) is 2. The van der Waals surface area contributed by atoms with Crippen molar-refractivity contribution < 1.29 is 13.9 Å². The Morgan fingerprint density at radius 2 is 2.00 bits per heavy atom. The van der Waals surface area contributed by atoms with E-state index in [4.69, 9.17) is 9.47 Å². The standard InChI is InChI=1S/C14H17FO2/c1-10-14(8-3-2-4-9-14)17-13-11(15)6-5-7-12(13)16-10/h5-7,10H,2-4,8-9H2,1H3. The highest BCUT2D eigenvalue weighted by Crippen LogP contribution is 2.45. The van der Waals surface area contributed by atoms with Gasteiger partial charge in [-0.05, 0) is 44.7 Å². The van der Waals surface area contributed by atoms with Gasteiger partial charge in [0.1, 0.15) is 11.7 Å². The first kappa shape index (κ1) is 10.9. The molecule has 0 N–H and O–H groups in total. The van der Waals surface area contributed by atoms with Crippen LogP contribution in [-0.2, 0) is 0 Å². The van der Waals surface area contributed by atoms with E-state index >= 15 is 0 Å². The van der Waals surface area contributed by atoms with Gasteiger partial charge in [-0.2, -0.15) is 0 Å². The second-order valence-electron chi connectivity index (χ2n) is 5.05. The maximum atomic E-state index is 13.7. The Hall–Kier alpha value is -1.25. The molecule has 2 aliphatic rings. The molecular formula is C14H17FO2. The summed E-state index contributed by atoms with van der Waals surface area (Å²) in [6.07, 6.45) is 5.43. The number of hydrogen-bond donors (Lipinski definition) is 0. The molecule has 1 aromatic carbocycles. The predicted molar refractivity (Wildman–Crippen MR) is 62.9 cm³/mol. The predicted octanol–water partition coefficient (Wildman–Crippen LogP) is 3.69. The van der Waals surface area contributed by atoms with E-state index in [1.807, 2.05) is 6.92 Å². The van der Waals surface area contributed by atoms with Crippen molar-refractivity contribution in [1.82, 2.24) is 0 Å². The minimum Gasteiger partial charge on any atom is -0.483 e. The Morgan fingerprint density at radius 3 is 2.76 bits per heavy atom. The molecule has 1 spiro atoms. The van der Waals surface area contributed by atoms with Gasteiger partial charge in [0.15, 0.2) is 17.3 Å². The van der Waals surface area contributed by atoms with Gasteiger partial charge in [0, 0.05) is 0 Å². The number of fused-ring (bicyclic) bond motifs is 1. The fourth-order valence-electron chi connectivity index (χ4n) is 2.92. The monoisotopic (exact) mass is 236 g/mol. The zero-order valence-electron chi connectivity index (χ0n) is 10.0. The third kappa shape index (κ3) is 1.68. The zero-order chi connectivity index (χ0) is 11.9. The molecule has 0 saturated heterocycles. The van der Waals surface area contributed by atoms with Crippen molar-refractivity contribution in [3.8, 4) is 11.5 Å². The lowest BCUT2D eigenvalue weighted by Crippen LogP contribution is -2.52. The lowest BCUT2D eigenvalue weighted by atomic mass is 9.80. The Balaban J connectivity index is 1.98. The quantitative estimate of drug-likeness (QED) is 0.684. The number of para-hydroxylation sites is 1. The van der Waals surface area contributed by atoms with Crippen molar-refractivity contribution in [3.63, 3.8) is 0 Å². The molecule has 0 bridgehead atoms. The summed E-state index contributed by atoms with van der Waals surface area (Å²) in [4.78, 5) is 0. The van der Waals surface area contributed by atoms with Crippen LogP contribution < -0.4 is 9.47 Å². The first-order valence-electron chi connectivity index (χ1n) is 6.35. The Kier molecular flexibility index (Phi) is 2.49. The van der Waals surface area contributed by atoms with Gasteiger partial charge < -0.3 is 9.47 Å². The van der Waals surface area contributed by atoms with Gasteiger partial charge in [-0.25, -0.2) is 4.39 Å². The van der Waals surface area contributed by atoms with Gasteiger partial charge in [0.05, 0.1) is 0 Å². The lowest BCUT2D eigenvalue weighted by Gasteiger charge is -2.45. The van der Waals surface area contributed by atoms with Crippen LogP contribution in [0.5, 0.6) is 11.5 Å². The van der Waals surface area contributed by atoms with Crippen molar-refractivity contribution >= 4 is 0 Å². The van der Waals surface area contributed by atoms with Crippen LogP contribution in [0, 0.1) is 5.82 Å². The summed E-state index contributed by atoms with van der Waals surface area (Å²) >= 11 is 0. The van der Waals surface area contributed by atoms with E-state index in [9.17, 15) is 4.39 Å². The Labute approximate surface area is 101 Å². The van der Waals surface area contributed by atoms with Gasteiger partial charge >= 0.3 is 0 Å². The van der Waals surface area contributed by atoms with Crippen LogP contribution in [0.4, 0.5) is 4.39 Å². The normalized spacial score (nSPS) is 25.9. The second kappa shape index (κ2) is 3.90. The molecule has 1 unspecified atom stereocenters. The molecule has 0 aromatic heterocycles. The molecular weight excluding hydrogens is 219 g/mol. The molecule has 1 aliphatic carbocycles. The summed E-state index contributed by atoms with van der Waals surface area (Å²) in [5.74, 6) is 0.514. The smallest absolute Gasteiger partial charge is 0.197 e. The molecule has 3 rings (SSSR count). The van der Waals surface area contributed by atoms with Crippen LogP contribution in [0.15, 0.2) is 18.2 Å². The molecule has 92 valence electrons. The number of benzene rings is 1. The van der Waals surface area contributed by atoms with Gasteiger partial charge in [0.25, 0.3) is 0 Å². The first-order valence-corrected chi connectivity index (χ1v) is 6.35. The third-order valence-corrected chi connectivity index (χ3v) is 3.98. The maximum Gasteiger partial charge on any atom is 0.197 e. The summed E-state index contributed by atoms with van der Waals surface area (Å²) in [5.41, 5.74) is -0.312. The Morgan fingerprint density at radius 1 is 1.24 bits per heavy atom. The average Bonchev–Trinajstić information content (AvgIpc) is 2.34. The van der Waals surface area contributed by atoms with E-state index in [1.54, 1.807) is 12.1 Å². The van der Waals surface area contributed by atoms with E-state index in [1.165, 1.54) is 12.5 Å². The van der Waals surface area contributed by atoms with Crippen molar-refractivity contribution in [2.75, 3.05) is 0 Å². The van der Waals surface area contributed by atoms with Crippen LogP contribution in [0.3, 0.4) is 0 Å². The number of halogens is 1. The van der Waals surface area contributed by atoms with E-state index in [2.05, 4.69) is 0 Å². The lowest BCUT2D eigenvalue weighted by molar-refractivity contribution is -0.0833. The van der Waals surface area contributed by atoms with Crippen LogP contribution in [0.1, 0.15) is 39.0 Å². The van der Waals surface area contributed by atoms with Crippen molar-refractivity contribution in [2.45, 2.75) is 50.7 Å². The molecule has 1 fully saturated rings. The van der Waals surface area contributed by atoms with Gasteiger partial charge in [-0.1, -0.05) is 12.5 Å². The number of rotatable bonds is 0. The van der Waals surface area contributed by atoms with E-state index in [0.717, 1.165) is 25.7 Å². The fourth-order valence-corrected chi connectivity index (χ4v) is 2.92. The molecule has 17 heavy (non-hydrogen) atoms. The largest absolute Gasteiger partial charge is 0.483 e. The van der Waals surface area contributed by atoms with Crippen LogP contribution in [-0.4, -0.2) is 11.7 Å². The van der Waals surface area contributed by atoms with E-state index in [-0.39, 0.29) is 17.5 Å². The maximum absolute atomic E-state index is 13.7. The van der Waals surface area contributed by atoms with E-state index in [0.29, 0.717) is 11.5 Å². The minimum atomic E-state index is -0.320. The van der Waals surface area contributed by atoms with Crippen molar-refractivity contribution in [3.05, 3.63) is 24.0 Å². The summed E-state index contributed by atoms with van der Waals surface area (Å²) in [5, 5.41) is 0. The van der Waals surface area contributed by atoms with Crippen LogP contribution in [0.2, 0.25) is 0 Å². The van der Waals surface area contributed by atoms with Crippen LogP contribution in [0.25, 0.3) is 0 Å². The van der Waals surface area contributed by atoms with Gasteiger partial charge in [-0.3, -0.25) is 0 Å². The highest BCUT2D eigenvalue weighted by Gasteiger charge is 2.45. The molecule has 0 radical (unpaired) electrons. The summed E-state index contributed by atoms with van der Waals surface area (Å²) in [6.45, 7) is 2.03. The molecule has 1 atom stereocenters. The molecule has 1 aromatic rings. The molecule has 1 aliphatic heterocycles. The summed E-state index contributed by atoms with van der Waals surface area (Å²) in [6, 6.07) is 4.85. The number of hydrogen-bond acceptors (Lipinski definition) is 2. The molecule has 3 heteroatoms. The highest BCUT2D eigenvalue weighted by molar-refractivity contribution is 5.43. The van der Waals surface area contributed by atoms with Crippen molar-refractivity contribution in [2.24, 2.45) is 0 Å². The summed E-state index contributed by atoms with van der Waals surface area (Å²) in [7, 11) is 0. The SMILES string of the molecule is CC1Oc2cccc(F)c2OC12CCCCC2. The third-order valence-electron chi connectivity index (χ3n) is 3.98. The van der Waals surface area contributed by atoms with Crippen molar-refractivity contribution in [1.29, 1.82) is 0 Å². The summed E-state index contributed by atoms with van der Waals surface area (Å²) < 4.78 is 25.6. The van der Waals surface area contributed by atoms with E-state index < -0.39 is 0 Å². The molecule has 1 saturated carbocycles. The molecule has 2 nitrogen and oxygen atoms in total. The minimum absolute atomic E-state index is 0.00269. The molecule has 1 heterocycles. The van der Waals surface area contributed by atoms with Gasteiger partial charge in [0.2, 0.25) is 0 Å². The topological polar surface area (TPSA) is 18.5 Å². The van der Waals surface area contributed by atoms with Gasteiger partial charge in [-0.15, -0.1) is 0 Å². The molecule has 0 amide bonds. The second-order valence-corrected chi connectivity index (χ2v) is 5.05. The zero-order valence-corrected chi connectivity index (χ0v) is 10.0.